The molecule has 2 heterocycles. The Bertz CT molecular complexity index is 1010. The molecule has 3 rings (SSSR count). The Hall–Kier alpha value is -3.14. The van der Waals surface area contributed by atoms with E-state index in [1.807, 2.05) is 0 Å². The van der Waals surface area contributed by atoms with Crippen LogP contribution in [0.5, 0.6) is 0 Å². The van der Waals surface area contributed by atoms with Crippen LogP contribution in [0.25, 0.3) is 10.9 Å². The van der Waals surface area contributed by atoms with Crippen molar-refractivity contribution < 1.29 is 9.72 Å². The van der Waals surface area contributed by atoms with Gasteiger partial charge in [-0.05, 0) is 19.1 Å². The molecule has 122 valence electrons. The smallest absolute Gasteiger partial charge is 0.270 e. The van der Waals surface area contributed by atoms with Crippen LogP contribution in [0.4, 0.5) is 10.8 Å². The monoisotopic (exact) mass is 345 g/mol. The highest BCUT2D eigenvalue weighted by atomic mass is 32.1. The SMILES string of the molecule is Cc1nnc(NC(=O)Cn2c(=O)ccc3cc([N+](=O)[O-])ccc32)s1. The molecule has 10 heteroatoms. The third-order valence-corrected chi connectivity index (χ3v) is 4.01. The highest BCUT2D eigenvalue weighted by Crippen LogP contribution is 2.20. The predicted octanol–water partition coefficient (Wildman–Crippen LogP) is 1.71. The number of aryl methyl sites for hydroxylation is 1. The number of nitrogens with zero attached hydrogens (tertiary/aromatic N) is 4. The number of carbonyl (C=O) groups is 1. The van der Waals surface area contributed by atoms with Gasteiger partial charge in [-0.15, -0.1) is 10.2 Å². The molecule has 1 N–H and O–H groups in total. The third-order valence-electron chi connectivity index (χ3n) is 3.26. The summed E-state index contributed by atoms with van der Waals surface area (Å²) in [6.07, 6.45) is 0. The summed E-state index contributed by atoms with van der Waals surface area (Å²) in [5.74, 6) is -0.431. The summed E-state index contributed by atoms with van der Waals surface area (Å²) in [5, 5.41) is 22.6. The fourth-order valence-corrected chi connectivity index (χ4v) is 2.83. The number of rotatable bonds is 4. The van der Waals surface area contributed by atoms with E-state index < -0.39 is 10.8 Å². The van der Waals surface area contributed by atoms with Crippen molar-refractivity contribution in [2.75, 3.05) is 5.32 Å². The second-order valence-electron chi connectivity index (χ2n) is 4.93. The number of carbonyl (C=O) groups excluding carboxylic acids is 1. The molecule has 0 fully saturated rings. The number of amides is 1. The van der Waals surface area contributed by atoms with Gasteiger partial charge in [-0.25, -0.2) is 0 Å². The minimum absolute atomic E-state index is 0.0820. The number of pyridine rings is 1. The molecule has 0 atom stereocenters. The minimum Gasteiger partial charge on any atom is -0.299 e. The van der Waals surface area contributed by atoms with Gasteiger partial charge < -0.3 is 0 Å². The van der Waals surface area contributed by atoms with E-state index in [-0.39, 0.29) is 17.8 Å². The van der Waals surface area contributed by atoms with Gasteiger partial charge in [0.15, 0.2) is 0 Å². The number of nitro groups is 1. The Morgan fingerprint density at radius 1 is 1.33 bits per heavy atom. The molecule has 2 aromatic heterocycles. The molecule has 9 nitrogen and oxygen atoms in total. The molecule has 0 radical (unpaired) electrons. The van der Waals surface area contributed by atoms with E-state index in [9.17, 15) is 19.7 Å². The van der Waals surface area contributed by atoms with Crippen LogP contribution >= 0.6 is 11.3 Å². The zero-order valence-corrected chi connectivity index (χ0v) is 13.2. The standard InChI is InChI=1S/C14H11N5O4S/c1-8-16-17-14(24-8)15-12(20)7-18-11-4-3-10(19(22)23)6-9(11)2-5-13(18)21/h2-6H,7H2,1H3,(H,15,17,20). The van der Waals surface area contributed by atoms with E-state index >= 15 is 0 Å². The van der Waals surface area contributed by atoms with Crippen molar-refractivity contribution in [2.24, 2.45) is 0 Å². The zero-order valence-electron chi connectivity index (χ0n) is 12.4. The van der Waals surface area contributed by atoms with E-state index in [1.165, 1.54) is 46.2 Å². The van der Waals surface area contributed by atoms with Crippen molar-refractivity contribution in [3.8, 4) is 0 Å². The minimum atomic E-state index is -0.514. The first-order valence-corrected chi connectivity index (χ1v) is 7.63. The van der Waals surface area contributed by atoms with Crippen LogP contribution < -0.4 is 10.9 Å². The van der Waals surface area contributed by atoms with Crippen LogP contribution in [0.3, 0.4) is 0 Å². The summed E-state index contributed by atoms with van der Waals surface area (Å²) >= 11 is 1.22. The third kappa shape index (κ3) is 3.13. The zero-order chi connectivity index (χ0) is 17.3. The molecule has 0 bridgehead atoms. The topological polar surface area (TPSA) is 120 Å². The second kappa shape index (κ2) is 6.16. The number of aromatic nitrogens is 3. The Morgan fingerprint density at radius 3 is 2.79 bits per heavy atom. The molecular formula is C14H11N5O4S. The maximum absolute atomic E-state index is 12.1. The Kier molecular flexibility index (Phi) is 4.04. The first kappa shape index (κ1) is 15.7. The molecule has 0 saturated heterocycles. The number of hydrogen-bond donors (Lipinski definition) is 1. The molecule has 0 aliphatic carbocycles. The van der Waals surface area contributed by atoms with Gasteiger partial charge in [0.2, 0.25) is 11.0 Å². The summed E-state index contributed by atoms with van der Waals surface area (Å²) in [4.78, 5) is 34.5. The first-order valence-electron chi connectivity index (χ1n) is 6.82. The highest BCUT2D eigenvalue weighted by molar-refractivity contribution is 7.15. The fraction of sp³-hybridized carbons (Fsp3) is 0.143. The van der Waals surface area contributed by atoms with Crippen LogP contribution in [0.2, 0.25) is 0 Å². The van der Waals surface area contributed by atoms with Crippen LogP contribution in [0, 0.1) is 17.0 Å². The molecule has 0 aliphatic heterocycles. The number of fused-ring (bicyclic) bond motifs is 1. The summed E-state index contributed by atoms with van der Waals surface area (Å²) in [6, 6.07) is 6.88. The van der Waals surface area contributed by atoms with E-state index in [2.05, 4.69) is 15.5 Å². The Labute approximate surface area is 138 Å². The molecular weight excluding hydrogens is 334 g/mol. The van der Waals surface area contributed by atoms with E-state index in [4.69, 9.17) is 0 Å². The summed E-state index contributed by atoms with van der Waals surface area (Å²) in [5.41, 5.74) is -0.0156. The van der Waals surface area contributed by atoms with E-state index in [1.54, 1.807) is 6.92 Å². The maximum atomic E-state index is 12.1. The normalized spacial score (nSPS) is 10.7. The Balaban J connectivity index is 1.93. The van der Waals surface area contributed by atoms with Crippen molar-refractivity contribution in [1.82, 2.24) is 14.8 Å². The van der Waals surface area contributed by atoms with E-state index in [0.717, 1.165) is 0 Å². The molecule has 0 saturated carbocycles. The number of hydrogen-bond acceptors (Lipinski definition) is 7. The lowest BCUT2D eigenvalue weighted by Gasteiger charge is -2.09. The number of nitrogens with one attached hydrogen (secondary N) is 1. The molecule has 1 aromatic carbocycles. The molecule has 3 aromatic rings. The van der Waals surface area contributed by atoms with Gasteiger partial charge in [0.05, 0.1) is 10.4 Å². The summed E-state index contributed by atoms with van der Waals surface area (Å²) < 4.78 is 1.25. The number of benzene rings is 1. The number of nitro benzene ring substituents is 1. The highest BCUT2D eigenvalue weighted by Gasteiger charge is 2.13. The van der Waals surface area contributed by atoms with Crippen molar-refractivity contribution >= 4 is 39.0 Å². The van der Waals surface area contributed by atoms with Crippen LogP contribution in [0.15, 0.2) is 35.1 Å². The lowest BCUT2D eigenvalue weighted by molar-refractivity contribution is -0.384. The van der Waals surface area contributed by atoms with Gasteiger partial charge in [-0.2, -0.15) is 0 Å². The van der Waals surface area contributed by atoms with Gasteiger partial charge in [-0.1, -0.05) is 11.3 Å². The first-order chi connectivity index (χ1) is 11.4. The van der Waals surface area contributed by atoms with Crippen molar-refractivity contribution in [1.29, 1.82) is 0 Å². The van der Waals surface area contributed by atoms with Crippen molar-refractivity contribution in [3.05, 3.63) is 55.8 Å². The number of anilines is 1. The average molecular weight is 345 g/mol. The lowest BCUT2D eigenvalue weighted by atomic mass is 10.2. The van der Waals surface area contributed by atoms with Gasteiger partial charge in [-0.3, -0.25) is 29.6 Å². The quantitative estimate of drug-likeness (QED) is 0.568. The molecule has 1 amide bonds. The van der Waals surface area contributed by atoms with Crippen LogP contribution in [0.1, 0.15) is 5.01 Å². The van der Waals surface area contributed by atoms with Gasteiger partial charge in [0.1, 0.15) is 11.6 Å². The van der Waals surface area contributed by atoms with Crippen molar-refractivity contribution in [3.63, 3.8) is 0 Å². The van der Waals surface area contributed by atoms with Gasteiger partial charge in [0, 0.05) is 23.6 Å². The Morgan fingerprint density at radius 2 is 2.12 bits per heavy atom. The maximum Gasteiger partial charge on any atom is 0.270 e. The molecule has 0 aliphatic rings. The van der Waals surface area contributed by atoms with Gasteiger partial charge >= 0.3 is 0 Å². The molecule has 0 spiro atoms. The molecule has 24 heavy (non-hydrogen) atoms. The summed E-state index contributed by atoms with van der Waals surface area (Å²) in [6.45, 7) is 1.53. The average Bonchev–Trinajstić information content (AvgIpc) is 2.94. The van der Waals surface area contributed by atoms with Gasteiger partial charge in [0.25, 0.3) is 11.2 Å². The van der Waals surface area contributed by atoms with E-state index in [0.29, 0.717) is 21.0 Å². The largest absolute Gasteiger partial charge is 0.299 e. The van der Waals surface area contributed by atoms with Crippen LogP contribution in [-0.2, 0) is 11.3 Å². The second-order valence-corrected chi connectivity index (χ2v) is 6.11. The fourth-order valence-electron chi connectivity index (χ4n) is 2.22. The van der Waals surface area contributed by atoms with Crippen molar-refractivity contribution in [2.45, 2.75) is 13.5 Å². The summed E-state index contributed by atoms with van der Waals surface area (Å²) in [7, 11) is 0. The predicted molar refractivity (Wildman–Crippen MR) is 88.1 cm³/mol. The lowest BCUT2D eigenvalue weighted by Crippen LogP contribution is -2.27. The number of non-ortho nitro benzene ring substituents is 1. The van der Waals surface area contributed by atoms with Crippen LogP contribution in [-0.4, -0.2) is 25.6 Å². The molecule has 0 unspecified atom stereocenters.